The van der Waals surface area contributed by atoms with Gasteiger partial charge in [-0.25, -0.2) is 0 Å². The molecule has 0 aliphatic rings. The SMILES string of the molecule is CCCCOCCOCCOCc1cc(O)c(C)cc1CCC. The van der Waals surface area contributed by atoms with Gasteiger partial charge in [0.1, 0.15) is 5.75 Å². The highest BCUT2D eigenvalue weighted by molar-refractivity contribution is 5.41. The zero-order valence-corrected chi connectivity index (χ0v) is 14.9. The minimum atomic E-state index is 0.337. The average molecular weight is 324 g/mol. The Morgan fingerprint density at radius 2 is 1.48 bits per heavy atom. The number of aromatic hydroxyl groups is 1. The lowest BCUT2D eigenvalue weighted by Crippen LogP contribution is -2.10. The topological polar surface area (TPSA) is 47.9 Å². The van der Waals surface area contributed by atoms with Crippen LogP contribution in [0.2, 0.25) is 0 Å². The molecule has 1 aromatic carbocycles. The molecule has 0 amide bonds. The quantitative estimate of drug-likeness (QED) is 0.557. The van der Waals surface area contributed by atoms with Gasteiger partial charge in [0.15, 0.2) is 0 Å². The predicted octanol–water partition coefficient (Wildman–Crippen LogP) is 4.00. The summed E-state index contributed by atoms with van der Waals surface area (Å²) in [4.78, 5) is 0. The third-order valence-corrected chi connectivity index (χ3v) is 3.68. The molecular formula is C19H32O4. The van der Waals surface area contributed by atoms with Gasteiger partial charge in [0.2, 0.25) is 0 Å². The number of phenolic OH excluding ortho intramolecular Hbond substituents is 1. The van der Waals surface area contributed by atoms with Crippen molar-refractivity contribution in [2.24, 2.45) is 0 Å². The Morgan fingerprint density at radius 3 is 2.13 bits per heavy atom. The van der Waals surface area contributed by atoms with Crippen molar-refractivity contribution in [3.8, 4) is 5.75 Å². The zero-order chi connectivity index (χ0) is 16.9. The number of benzene rings is 1. The van der Waals surface area contributed by atoms with E-state index in [9.17, 15) is 5.11 Å². The molecule has 0 saturated carbocycles. The summed E-state index contributed by atoms with van der Waals surface area (Å²) in [6, 6.07) is 3.88. The molecule has 0 atom stereocenters. The van der Waals surface area contributed by atoms with Crippen LogP contribution in [0.4, 0.5) is 0 Å². The second-order valence-corrected chi connectivity index (χ2v) is 5.79. The van der Waals surface area contributed by atoms with Crippen molar-refractivity contribution in [2.75, 3.05) is 33.0 Å². The standard InChI is InChI=1S/C19H32O4/c1-4-6-8-21-9-10-22-11-12-23-15-18-14-19(20)16(3)13-17(18)7-5-2/h13-14,20H,4-12,15H2,1-3H3. The number of aryl methyl sites for hydroxylation is 2. The van der Waals surface area contributed by atoms with Gasteiger partial charge in [-0.3, -0.25) is 0 Å². The maximum absolute atomic E-state index is 9.86. The first-order valence-electron chi connectivity index (χ1n) is 8.73. The lowest BCUT2D eigenvalue weighted by Gasteiger charge is -2.12. The lowest BCUT2D eigenvalue weighted by molar-refractivity contribution is 0.0101. The molecule has 0 unspecified atom stereocenters. The van der Waals surface area contributed by atoms with Crippen LogP contribution >= 0.6 is 0 Å². The predicted molar refractivity (Wildman–Crippen MR) is 93.0 cm³/mol. The Hall–Kier alpha value is -1.10. The van der Waals surface area contributed by atoms with E-state index in [4.69, 9.17) is 14.2 Å². The summed E-state index contributed by atoms with van der Waals surface area (Å²) in [6.45, 7) is 9.93. The van der Waals surface area contributed by atoms with Crippen molar-refractivity contribution in [1.82, 2.24) is 0 Å². The van der Waals surface area contributed by atoms with Gasteiger partial charge in [-0.1, -0.05) is 32.8 Å². The van der Waals surface area contributed by atoms with Gasteiger partial charge in [0.25, 0.3) is 0 Å². The summed E-state index contributed by atoms with van der Waals surface area (Å²) in [7, 11) is 0. The molecule has 0 aliphatic heterocycles. The number of ether oxygens (including phenoxy) is 3. The van der Waals surface area contributed by atoms with Crippen LogP contribution in [0.15, 0.2) is 12.1 Å². The fraction of sp³-hybridized carbons (Fsp3) is 0.684. The van der Waals surface area contributed by atoms with E-state index >= 15 is 0 Å². The van der Waals surface area contributed by atoms with E-state index < -0.39 is 0 Å². The van der Waals surface area contributed by atoms with Gasteiger partial charge >= 0.3 is 0 Å². The van der Waals surface area contributed by atoms with Gasteiger partial charge in [-0.05, 0) is 42.5 Å². The van der Waals surface area contributed by atoms with Crippen LogP contribution in [0, 0.1) is 6.92 Å². The van der Waals surface area contributed by atoms with E-state index in [0.29, 0.717) is 38.8 Å². The summed E-state index contributed by atoms with van der Waals surface area (Å²) in [6.07, 6.45) is 4.35. The smallest absolute Gasteiger partial charge is 0.118 e. The van der Waals surface area contributed by atoms with E-state index in [2.05, 4.69) is 19.9 Å². The molecule has 1 rings (SSSR count). The summed E-state index contributed by atoms with van der Waals surface area (Å²) in [5.41, 5.74) is 3.24. The van der Waals surface area contributed by atoms with Gasteiger partial charge in [0, 0.05) is 6.61 Å². The number of hydrogen-bond donors (Lipinski definition) is 1. The number of hydrogen-bond acceptors (Lipinski definition) is 4. The Balaban J connectivity index is 2.19. The monoisotopic (exact) mass is 324 g/mol. The highest BCUT2D eigenvalue weighted by Crippen LogP contribution is 2.23. The maximum Gasteiger partial charge on any atom is 0.118 e. The summed E-state index contributed by atoms with van der Waals surface area (Å²) in [5.74, 6) is 0.337. The van der Waals surface area contributed by atoms with Gasteiger partial charge in [-0.15, -0.1) is 0 Å². The summed E-state index contributed by atoms with van der Waals surface area (Å²) >= 11 is 0. The normalized spacial score (nSPS) is 11.1. The van der Waals surface area contributed by atoms with E-state index in [0.717, 1.165) is 43.4 Å². The number of rotatable bonds is 13. The van der Waals surface area contributed by atoms with E-state index in [1.54, 1.807) is 0 Å². The second-order valence-electron chi connectivity index (χ2n) is 5.79. The van der Waals surface area contributed by atoms with Gasteiger partial charge < -0.3 is 19.3 Å². The molecule has 0 spiro atoms. The molecule has 4 heteroatoms. The molecule has 0 aromatic heterocycles. The molecule has 0 bridgehead atoms. The molecule has 23 heavy (non-hydrogen) atoms. The molecule has 0 heterocycles. The van der Waals surface area contributed by atoms with E-state index in [1.165, 1.54) is 5.56 Å². The molecule has 132 valence electrons. The lowest BCUT2D eigenvalue weighted by atomic mass is 10.0. The van der Waals surface area contributed by atoms with Crippen LogP contribution in [0.25, 0.3) is 0 Å². The van der Waals surface area contributed by atoms with E-state index in [1.807, 2.05) is 13.0 Å². The zero-order valence-electron chi connectivity index (χ0n) is 14.9. The number of unbranched alkanes of at least 4 members (excludes halogenated alkanes) is 1. The molecule has 0 radical (unpaired) electrons. The van der Waals surface area contributed by atoms with Crippen LogP contribution in [-0.2, 0) is 27.2 Å². The van der Waals surface area contributed by atoms with Gasteiger partial charge in [-0.2, -0.15) is 0 Å². The third kappa shape index (κ3) is 8.35. The van der Waals surface area contributed by atoms with Crippen LogP contribution in [0.5, 0.6) is 5.75 Å². The van der Waals surface area contributed by atoms with Crippen molar-refractivity contribution in [1.29, 1.82) is 0 Å². The van der Waals surface area contributed by atoms with Crippen molar-refractivity contribution in [3.05, 3.63) is 28.8 Å². The minimum Gasteiger partial charge on any atom is -0.508 e. The second kappa shape index (κ2) is 12.3. The van der Waals surface area contributed by atoms with Crippen molar-refractivity contribution >= 4 is 0 Å². The largest absolute Gasteiger partial charge is 0.508 e. The van der Waals surface area contributed by atoms with Crippen LogP contribution in [0.3, 0.4) is 0 Å². The first-order chi connectivity index (χ1) is 11.2. The molecule has 4 nitrogen and oxygen atoms in total. The summed E-state index contributed by atoms with van der Waals surface area (Å²) < 4.78 is 16.6. The first-order valence-corrected chi connectivity index (χ1v) is 8.73. The third-order valence-electron chi connectivity index (χ3n) is 3.68. The van der Waals surface area contributed by atoms with Gasteiger partial charge in [0.05, 0.1) is 33.0 Å². The number of phenols is 1. The molecule has 0 fully saturated rings. The van der Waals surface area contributed by atoms with Crippen molar-refractivity contribution in [3.63, 3.8) is 0 Å². The highest BCUT2D eigenvalue weighted by Gasteiger charge is 2.06. The van der Waals surface area contributed by atoms with Crippen molar-refractivity contribution < 1.29 is 19.3 Å². The first kappa shape index (κ1) is 19.9. The summed E-state index contributed by atoms with van der Waals surface area (Å²) in [5, 5.41) is 9.86. The Kier molecular flexibility index (Phi) is 10.7. The molecule has 0 aliphatic carbocycles. The van der Waals surface area contributed by atoms with Crippen LogP contribution in [-0.4, -0.2) is 38.1 Å². The van der Waals surface area contributed by atoms with Crippen molar-refractivity contribution in [2.45, 2.75) is 53.1 Å². The highest BCUT2D eigenvalue weighted by atomic mass is 16.5. The average Bonchev–Trinajstić information content (AvgIpc) is 2.53. The van der Waals surface area contributed by atoms with Crippen LogP contribution in [0.1, 0.15) is 49.8 Å². The fourth-order valence-electron chi connectivity index (χ4n) is 2.30. The van der Waals surface area contributed by atoms with E-state index in [-0.39, 0.29) is 0 Å². The Morgan fingerprint density at radius 1 is 0.826 bits per heavy atom. The molecule has 1 aromatic rings. The van der Waals surface area contributed by atoms with Crippen LogP contribution < -0.4 is 0 Å². The minimum absolute atomic E-state index is 0.337. The Labute approximate surface area is 140 Å². The molecular weight excluding hydrogens is 292 g/mol. The maximum atomic E-state index is 9.86. The molecule has 1 N–H and O–H groups in total. The fourth-order valence-corrected chi connectivity index (χ4v) is 2.30. The Bertz CT molecular complexity index is 432. The molecule has 0 saturated heterocycles.